The first kappa shape index (κ1) is 17.5. The van der Waals surface area contributed by atoms with Gasteiger partial charge in [0.1, 0.15) is 11.5 Å². The van der Waals surface area contributed by atoms with Gasteiger partial charge in [-0.15, -0.1) is 0 Å². The van der Waals surface area contributed by atoms with Gasteiger partial charge in [0.05, 0.1) is 26.7 Å². The molecule has 136 valence electrons. The molecule has 2 amide bonds. The fourth-order valence-corrected chi connectivity index (χ4v) is 3.55. The molecule has 0 unspecified atom stereocenters. The molecule has 0 radical (unpaired) electrons. The van der Waals surface area contributed by atoms with E-state index >= 15 is 0 Å². The van der Waals surface area contributed by atoms with Gasteiger partial charge in [0, 0.05) is 36.0 Å². The molecule has 2 fully saturated rings. The molecule has 2 aliphatic rings. The van der Waals surface area contributed by atoms with E-state index in [4.69, 9.17) is 9.47 Å². The van der Waals surface area contributed by atoms with Crippen molar-refractivity contribution in [1.82, 2.24) is 10.6 Å². The van der Waals surface area contributed by atoms with Crippen LogP contribution in [0.2, 0.25) is 0 Å². The Bertz CT molecular complexity index is 627. The third kappa shape index (κ3) is 4.22. The van der Waals surface area contributed by atoms with Crippen LogP contribution in [0.25, 0.3) is 0 Å². The van der Waals surface area contributed by atoms with Crippen molar-refractivity contribution < 1.29 is 19.1 Å². The number of fused-ring (bicyclic) bond motifs is 1. The predicted octanol–water partition coefficient (Wildman–Crippen LogP) is 1.43. The Balaban J connectivity index is 1.61. The average molecular weight is 347 g/mol. The van der Waals surface area contributed by atoms with Crippen LogP contribution in [0.15, 0.2) is 18.2 Å². The zero-order chi connectivity index (χ0) is 17.8. The fourth-order valence-electron chi connectivity index (χ4n) is 3.55. The van der Waals surface area contributed by atoms with Gasteiger partial charge >= 0.3 is 0 Å². The van der Waals surface area contributed by atoms with Crippen molar-refractivity contribution in [3.8, 4) is 11.5 Å². The largest absolute Gasteiger partial charge is 0.497 e. The fraction of sp³-hybridized carbons (Fsp3) is 0.556. The van der Waals surface area contributed by atoms with E-state index in [9.17, 15) is 9.59 Å². The highest BCUT2D eigenvalue weighted by Crippen LogP contribution is 2.26. The molecule has 0 spiro atoms. The van der Waals surface area contributed by atoms with Crippen molar-refractivity contribution in [2.45, 2.75) is 50.2 Å². The van der Waals surface area contributed by atoms with E-state index in [0.29, 0.717) is 17.2 Å². The molecule has 1 heterocycles. The lowest BCUT2D eigenvalue weighted by molar-refractivity contribution is -0.129. The highest BCUT2D eigenvalue weighted by molar-refractivity contribution is 5.96. The number of anilines is 1. The van der Waals surface area contributed by atoms with Crippen LogP contribution in [-0.4, -0.2) is 44.2 Å². The number of ether oxygens (including phenoxy) is 2. The lowest BCUT2D eigenvalue weighted by Crippen LogP contribution is -2.65. The minimum absolute atomic E-state index is 0.0918. The molecule has 0 bridgehead atoms. The van der Waals surface area contributed by atoms with E-state index in [1.165, 1.54) is 0 Å². The highest BCUT2D eigenvalue weighted by atomic mass is 16.5. The number of nitrogens with one attached hydrogen (secondary N) is 3. The van der Waals surface area contributed by atoms with Crippen LogP contribution in [0, 0.1) is 0 Å². The Morgan fingerprint density at radius 2 is 1.76 bits per heavy atom. The highest BCUT2D eigenvalue weighted by Gasteiger charge is 2.36. The van der Waals surface area contributed by atoms with Gasteiger partial charge in [0.2, 0.25) is 11.8 Å². The maximum absolute atomic E-state index is 12.4. The van der Waals surface area contributed by atoms with Crippen LogP contribution in [0.4, 0.5) is 5.69 Å². The van der Waals surface area contributed by atoms with E-state index in [0.717, 1.165) is 25.7 Å². The molecular weight excluding hydrogens is 322 g/mol. The van der Waals surface area contributed by atoms with Crippen LogP contribution in [0.1, 0.15) is 32.1 Å². The number of rotatable bonds is 5. The lowest BCUT2D eigenvalue weighted by Gasteiger charge is -2.40. The summed E-state index contributed by atoms with van der Waals surface area (Å²) in [5, 5.41) is 9.21. The number of carbonyl (C=O) groups excluding carboxylic acids is 2. The number of benzene rings is 1. The molecule has 7 heteroatoms. The maximum atomic E-state index is 12.4. The van der Waals surface area contributed by atoms with Crippen molar-refractivity contribution in [3.05, 3.63) is 18.2 Å². The van der Waals surface area contributed by atoms with Crippen LogP contribution < -0.4 is 25.4 Å². The number of hydrogen-bond donors (Lipinski definition) is 3. The molecule has 1 aliphatic heterocycles. The number of piperazine rings is 1. The summed E-state index contributed by atoms with van der Waals surface area (Å²) in [6.45, 7) is 0. The quantitative estimate of drug-likeness (QED) is 0.750. The molecule has 1 saturated carbocycles. The first-order chi connectivity index (χ1) is 12.1. The summed E-state index contributed by atoms with van der Waals surface area (Å²) in [4.78, 5) is 24.6. The van der Waals surface area contributed by atoms with Crippen molar-refractivity contribution in [2.24, 2.45) is 0 Å². The Kier molecular flexibility index (Phi) is 5.43. The average Bonchev–Trinajstić information content (AvgIpc) is 2.61. The second-order valence-electron chi connectivity index (χ2n) is 6.58. The van der Waals surface area contributed by atoms with Crippen LogP contribution in [0.3, 0.4) is 0 Å². The molecule has 25 heavy (non-hydrogen) atoms. The van der Waals surface area contributed by atoms with E-state index in [-0.39, 0.29) is 30.3 Å². The van der Waals surface area contributed by atoms with E-state index < -0.39 is 6.04 Å². The van der Waals surface area contributed by atoms with Crippen molar-refractivity contribution >= 4 is 17.5 Å². The molecule has 1 aliphatic carbocycles. The molecule has 3 rings (SSSR count). The topological polar surface area (TPSA) is 88.7 Å². The molecule has 0 aromatic heterocycles. The first-order valence-electron chi connectivity index (χ1n) is 8.68. The van der Waals surface area contributed by atoms with Crippen molar-refractivity contribution in [3.63, 3.8) is 0 Å². The molecule has 1 saturated heterocycles. The number of methoxy groups -OCH3 is 2. The van der Waals surface area contributed by atoms with Crippen molar-refractivity contribution in [2.75, 3.05) is 19.5 Å². The van der Waals surface area contributed by atoms with Crippen LogP contribution in [0.5, 0.6) is 11.5 Å². The normalized spacial score (nSPS) is 25.5. The molecule has 1 aromatic carbocycles. The molecular formula is C18H25N3O4. The molecule has 7 nitrogen and oxygen atoms in total. The third-order valence-electron chi connectivity index (χ3n) is 4.85. The van der Waals surface area contributed by atoms with Gasteiger partial charge in [-0.3, -0.25) is 9.59 Å². The van der Waals surface area contributed by atoms with Gasteiger partial charge in [0.25, 0.3) is 0 Å². The van der Waals surface area contributed by atoms with Gasteiger partial charge in [-0.25, -0.2) is 0 Å². The maximum Gasteiger partial charge on any atom is 0.237 e. The minimum atomic E-state index is -0.494. The Hall–Kier alpha value is -2.28. The molecule has 3 atom stereocenters. The predicted molar refractivity (Wildman–Crippen MR) is 93.9 cm³/mol. The standard InChI is InChI=1S/C18H25N3O4/c1-24-12-7-11(8-13(9-12)25-2)19-17(22)10-16-18(23)21-15-6-4-3-5-14(15)20-16/h7-9,14-16,20H,3-6,10H2,1-2H3,(H,19,22)(H,21,23)/t14-,15-,16-/m0/s1. The Morgan fingerprint density at radius 3 is 2.40 bits per heavy atom. The first-order valence-corrected chi connectivity index (χ1v) is 8.68. The van der Waals surface area contributed by atoms with Crippen LogP contribution in [-0.2, 0) is 9.59 Å². The molecule has 3 N–H and O–H groups in total. The van der Waals surface area contributed by atoms with Gasteiger partial charge in [-0.1, -0.05) is 12.8 Å². The van der Waals surface area contributed by atoms with Gasteiger partial charge < -0.3 is 25.4 Å². The Morgan fingerprint density at radius 1 is 1.12 bits per heavy atom. The van der Waals surface area contributed by atoms with E-state index in [1.54, 1.807) is 32.4 Å². The minimum Gasteiger partial charge on any atom is -0.497 e. The number of hydrogen-bond acceptors (Lipinski definition) is 5. The van der Waals surface area contributed by atoms with Crippen molar-refractivity contribution in [1.29, 1.82) is 0 Å². The summed E-state index contributed by atoms with van der Waals surface area (Å²) in [5.74, 6) is 0.861. The van der Waals surface area contributed by atoms with Gasteiger partial charge in [0.15, 0.2) is 0 Å². The van der Waals surface area contributed by atoms with E-state index in [2.05, 4.69) is 16.0 Å². The van der Waals surface area contributed by atoms with E-state index in [1.807, 2.05) is 0 Å². The number of amides is 2. The Labute approximate surface area is 147 Å². The smallest absolute Gasteiger partial charge is 0.237 e. The second-order valence-corrected chi connectivity index (χ2v) is 6.58. The number of carbonyl (C=O) groups is 2. The zero-order valence-corrected chi connectivity index (χ0v) is 14.6. The summed E-state index contributed by atoms with van der Waals surface area (Å²) in [5.41, 5.74) is 0.577. The van der Waals surface area contributed by atoms with Gasteiger partial charge in [-0.2, -0.15) is 0 Å². The SMILES string of the molecule is COc1cc(NC(=O)C[C@@H]2N[C@H]3CCCC[C@@H]3NC2=O)cc(OC)c1. The summed E-state index contributed by atoms with van der Waals surface area (Å²) < 4.78 is 10.4. The van der Waals surface area contributed by atoms with Crippen LogP contribution >= 0.6 is 0 Å². The molecule has 1 aromatic rings. The second kappa shape index (κ2) is 7.74. The summed E-state index contributed by atoms with van der Waals surface area (Å²) in [7, 11) is 3.11. The lowest BCUT2D eigenvalue weighted by atomic mass is 9.87. The third-order valence-corrected chi connectivity index (χ3v) is 4.85. The van der Waals surface area contributed by atoms with Gasteiger partial charge in [-0.05, 0) is 12.8 Å². The summed E-state index contributed by atoms with van der Waals surface area (Å²) in [6.07, 6.45) is 4.44. The summed E-state index contributed by atoms with van der Waals surface area (Å²) >= 11 is 0. The zero-order valence-electron chi connectivity index (χ0n) is 14.6. The summed E-state index contributed by atoms with van der Waals surface area (Å²) in [6, 6.07) is 5.13. The monoisotopic (exact) mass is 347 g/mol.